The first kappa shape index (κ1) is 22.4. The lowest BCUT2D eigenvalue weighted by atomic mass is 9.81. The van der Waals surface area contributed by atoms with Crippen molar-refractivity contribution in [3.63, 3.8) is 0 Å². The summed E-state index contributed by atoms with van der Waals surface area (Å²) in [5.41, 5.74) is 4.49. The van der Waals surface area contributed by atoms with Crippen LogP contribution in [0.4, 0.5) is 0 Å². The van der Waals surface area contributed by atoms with Gasteiger partial charge in [0.2, 0.25) is 0 Å². The fourth-order valence-electron chi connectivity index (χ4n) is 4.93. The van der Waals surface area contributed by atoms with E-state index in [1.54, 1.807) is 0 Å². The first-order valence-corrected chi connectivity index (χ1v) is 11.5. The highest BCUT2D eigenvalue weighted by Crippen LogP contribution is 2.41. The van der Waals surface area contributed by atoms with Gasteiger partial charge in [-0.25, -0.2) is 0 Å². The standard InChI is InChI=1S/C27H33NO4/c1-17(2)21-7-6-18(3)13-23(21)31-16-25(30)28-10-8-27(9-11-28)15-22(29)26-20(5)12-19(4)14-24(26)32-27/h6-7,12-14,17H,8-11,15-16H2,1-5H3. The second-order valence-electron chi connectivity index (χ2n) is 9.71. The maximum Gasteiger partial charge on any atom is 0.260 e. The lowest BCUT2D eigenvalue weighted by Gasteiger charge is -2.44. The third-order valence-electron chi connectivity index (χ3n) is 6.70. The molecule has 32 heavy (non-hydrogen) atoms. The predicted molar refractivity (Wildman–Crippen MR) is 125 cm³/mol. The molecule has 1 spiro atoms. The van der Waals surface area contributed by atoms with Gasteiger partial charge in [-0.1, -0.05) is 32.0 Å². The van der Waals surface area contributed by atoms with Crippen LogP contribution in [0.25, 0.3) is 0 Å². The first-order chi connectivity index (χ1) is 15.2. The SMILES string of the molecule is Cc1ccc(C(C)C)c(OCC(=O)N2CCC3(CC2)CC(=O)c2c(C)cc(C)cc2O3)c1. The second kappa shape index (κ2) is 8.61. The largest absolute Gasteiger partial charge is 0.486 e. The molecular weight excluding hydrogens is 402 g/mol. The van der Waals surface area contributed by atoms with Crippen molar-refractivity contribution in [2.24, 2.45) is 0 Å². The zero-order valence-corrected chi connectivity index (χ0v) is 19.8. The van der Waals surface area contributed by atoms with Crippen molar-refractivity contribution in [1.82, 2.24) is 4.90 Å². The maximum atomic E-state index is 12.9. The number of carbonyl (C=O) groups excluding carboxylic acids is 2. The number of amides is 1. The Morgan fingerprint density at radius 3 is 2.50 bits per heavy atom. The van der Waals surface area contributed by atoms with Crippen LogP contribution in [-0.2, 0) is 4.79 Å². The summed E-state index contributed by atoms with van der Waals surface area (Å²) >= 11 is 0. The number of benzene rings is 2. The smallest absolute Gasteiger partial charge is 0.260 e. The molecule has 2 aromatic rings. The number of ether oxygens (including phenoxy) is 2. The molecule has 0 saturated carbocycles. The summed E-state index contributed by atoms with van der Waals surface area (Å²) in [5, 5.41) is 0. The van der Waals surface area contributed by atoms with Gasteiger partial charge in [-0.2, -0.15) is 0 Å². The van der Waals surface area contributed by atoms with Crippen LogP contribution in [0.2, 0.25) is 0 Å². The fourth-order valence-corrected chi connectivity index (χ4v) is 4.93. The topological polar surface area (TPSA) is 55.8 Å². The Labute approximate surface area is 190 Å². The molecule has 0 bridgehead atoms. The summed E-state index contributed by atoms with van der Waals surface area (Å²) in [5.74, 6) is 1.93. The Bertz CT molecular complexity index is 1050. The lowest BCUT2D eigenvalue weighted by molar-refractivity contribution is -0.136. The van der Waals surface area contributed by atoms with Crippen molar-refractivity contribution >= 4 is 11.7 Å². The van der Waals surface area contributed by atoms with Crippen LogP contribution in [0.15, 0.2) is 30.3 Å². The van der Waals surface area contributed by atoms with Gasteiger partial charge in [0.25, 0.3) is 5.91 Å². The van der Waals surface area contributed by atoms with Gasteiger partial charge in [-0.3, -0.25) is 9.59 Å². The van der Waals surface area contributed by atoms with Crippen molar-refractivity contribution in [2.45, 2.75) is 65.4 Å². The molecule has 0 N–H and O–H groups in total. The average Bonchev–Trinajstić information content (AvgIpc) is 2.71. The van der Waals surface area contributed by atoms with Crippen LogP contribution >= 0.6 is 0 Å². The molecule has 5 heteroatoms. The Kier molecular flexibility index (Phi) is 6.02. The molecule has 0 unspecified atom stereocenters. The number of likely N-dealkylation sites (tertiary alicyclic amines) is 1. The van der Waals surface area contributed by atoms with Gasteiger partial charge < -0.3 is 14.4 Å². The molecule has 1 fully saturated rings. The van der Waals surface area contributed by atoms with Crippen LogP contribution in [-0.4, -0.2) is 41.9 Å². The molecule has 2 heterocycles. The molecule has 5 nitrogen and oxygen atoms in total. The van der Waals surface area contributed by atoms with Crippen molar-refractivity contribution in [1.29, 1.82) is 0 Å². The molecule has 4 rings (SSSR count). The zero-order chi connectivity index (χ0) is 23.0. The summed E-state index contributed by atoms with van der Waals surface area (Å²) in [6.07, 6.45) is 1.68. The molecule has 2 aliphatic rings. The van der Waals surface area contributed by atoms with Crippen molar-refractivity contribution in [3.8, 4) is 11.5 Å². The van der Waals surface area contributed by atoms with Crippen LogP contribution in [0.5, 0.6) is 11.5 Å². The van der Waals surface area contributed by atoms with E-state index in [1.807, 2.05) is 43.9 Å². The Hall–Kier alpha value is -2.82. The highest BCUT2D eigenvalue weighted by Gasteiger charge is 2.44. The van der Waals surface area contributed by atoms with Gasteiger partial charge >= 0.3 is 0 Å². The maximum absolute atomic E-state index is 12.9. The van der Waals surface area contributed by atoms with E-state index in [0.29, 0.717) is 49.6 Å². The van der Waals surface area contributed by atoms with Crippen molar-refractivity contribution in [2.75, 3.05) is 19.7 Å². The van der Waals surface area contributed by atoms with Crippen molar-refractivity contribution < 1.29 is 19.1 Å². The number of fused-ring (bicyclic) bond motifs is 1. The Morgan fingerprint density at radius 2 is 1.81 bits per heavy atom. The van der Waals surface area contributed by atoms with Crippen LogP contribution < -0.4 is 9.47 Å². The van der Waals surface area contributed by atoms with Crippen molar-refractivity contribution in [3.05, 3.63) is 58.1 Å². The molecule has 2 aliphatic heterocycles. The number of rotatable bonds is 4. The lowest BCUT2D eigenvalue weighted by Crippen LogP contribution is -2.53. The van der Waals surface area contributed by atoms with Gasteiger partial charge in [-0.15, -0.1) is 0 Å². The minimum atomic E-state index is -0.511. The molecule has 1 amide bonds. The van der Waals surface area contributed by atoms with E-state index in [-0.39, 0.29) is 18.3 Å². The molecule has 0 radical (unpaired) electrons. The Morgan fingerprint density at radius 1 is 1.09 bits per heavy atom. The average molecular weight is 436 g/mol. The highest BCUT2D eigenvalue weighted by molar-refractivity contribution is 6.01. The normalized spacial score (nSPS) is 17.3. The molecule has 1 saturated heterocycles. The number of Topliss-reactive ketones (excluding diaryl/α,β-unsaturated/α-hetero) is 1. The molecule has 0 atom stereocenters. The van der Waals surface area contributed by atoms with E-state index in [9.17, 15) is 9.59 Å². The van der Waals surface area contributed by atoms with Gasteiger partial charge in [0.15, 0.2) is 12.4 Å². The quantitative estimate of drug-likeness (QED) is 0.667. The predicted octanol–water partition coefficient (Wildman–Crippen LogP) is 5.14. The fraction of sp³-hybridized carbons (Fsp3) is 0.481. The number of nitrogens with zero attached hydrogens (tertiary/aromatic N) is 1. The zero-order valence-electron chi connectivity index (χ0n) is 19.8. The molecule has 170 valence electrons. The summed E-state index contributed by atoms with van der Waals surface area (Å²) < 4.78 is 12.4. The van der Waals surface area contributed by atoms with Crippen LogP contribution in [0.3, 0.4) is 0 Å². The van der Waals surface area contributed by atoms with Gasteiger partial charge in [0.1, 0.15) is 17.1 Å². The molecule has 0 aromatic heterocycles. The first-order valence-electron chi connectivity index (χ1n) is 11.5. The van der Waals surface area contributed by atoms with Crippen LogP contribution in [0.1, 0.15) is 71.6 Å². The summed E-state index contributed by atoms with van der Waals surface area (Å²) in [4.78, 5) is 27.6. The van der Waals surface area contributed by atoms with E-state index in [0.717, 1.165) is 28.0 Å². The van der Waals surface area contributed by atoms with E-state index in [4.69, 9.17) is 9.47 Å². The van der Waals surface area contributed by atoms with E-state index in [1.165, 1.54) is 0 Å². The highest BCUT2D eigenvalue weighted by atomic mass is 16.5. The number of ketones is 1. The molecule has 2 aromatic carbocycles. The monoisotopic (exact) mass is 435 g/mol. The van der Waals surface area contributed by atoms with Gasteiger partial charge in [-0.05, 0) is 61.1 Å². The Balaban J connectivity index is 1.39. The summed E-state index contributed by atoms with van der Waals surface area (Å²) in [6.45, 7) is 11.4. The number of carbonyl (C=O) groups is 2. The minimum absolute atomic E-state index is 0.0229. The number of hydrogen-bond donors (Lipinski definition) is 0. The third kappa shape index (κ3) is 4.38. The molecular formula is C27H33NO4. The second-order valence-corrected chi connectivity index (χ2v) is 9.71. The summed E-state index contributed by atoms with van der Waals surface area (Å²) in [6, 6.07) is 10.1. The van der Waals surface area contributed by atoms with E-state index in [2.05, 4.69) is 26.0 Å². The van der Waals surface area contributed by atoms with Gasteiger partial charge in [0.05, 0.1) is 12.0 Å². The summed E-state index contributed by atoms with van der Waals surface area (Å²) in [7, 11) is 0. The van der Waals surface area contributed by atoms with E-state index >= 15 is 0 Å². The molecule has 0 aliphatic carbocycles. The third-order valence-corrected chi connectivity index (χ3v) is 6.70. The van der Waals surface area contributed by atoms with Gasteiger partial charge in [0, 0.05) is 25.9 Å². The minimum Gasteiger partial charge on any atom is -0.486 e. The number of piperidine rings is 1. The van der Waals surface area contributed by atoms with Crippen LogP contribution in [0, 0.1) is 20.8 Å². The number of aryl methyl sites for hydroxylation is 3. The number of hydrogen-bond acceptors (Lipinski definition) is 4. The van der Waals surface area contributed by atoms with E-state index < -0.39 is 5.60 Å².